The van der Waals surface area contributed by atoms with Crippen LogP contribution in [-0.4, -0.2) is 157 Å². The highest BCUT2D eigenvalue weighted by molar-refractivity contribution is 7.53. The van der Waals surface area contributed by atoms with Crippen molar-refractivity contribution in [3.63, 3.8) is 0 Å². The van der Waals surface area contributed by atoms with Crippen molar-refractivity contribution in [3.8, 4) is 0 Å². The standard InChI is InChI=1S/C44H79N8O16P/c1-44(60,69(61,62)63)20-6-3-15-42(58)68-34-35-33-52(51-50-35)24-8-5-14-39(55)47-21-7-4-13-38(43(45)59)49-41(57)19-17-37(54)12-10-26-65-30-32-67-28-23-48-40(56)18-16-36(53)11-9-25-64-29-31-66-27-22-46-2/h33,38,46,60H,3-32,34H2,1-2H3,(H7,45,47,48,49,55,56,57,59,61,62,63)/p+1/t38-,44?/m0/s1. The Hall–Kier alpha value is -4.26. The highest BCUT2D eigenvalue weighted by Crippen LogP contribution is 2.51. The van der Waals surface area contributed by atoms with E-state index >= 15 is 0 Å². The maximum Gasteiger partial charge on any atom is 0.356 e. The number of ketones is 2. The number of ether oxygens (including phenoxy) is 5. The molecule has 1 rings (SSSR count). The monoisotopic (exact) mass is 1010 g/mol. The van der Waals surface area contributed by atoms with Crippen LogP contribution in [0.4, 0.5) is 0 Å². The van der Waals surface area contributed by atoms with E-state index in [1.54, 1.807) is 10.9 Å². The van der Waals surface area contributed by atoms with Crippen LogP contribution in [0.3, 0.4) is 0 Å². The fourth-order valence-corrected chi connectivity index (χ4v) is 6.68. The smallest absolute Gasteiger partial charge is 0.356 e. The second-order valence-corrected chi connectivity index (χ2v) is 18.7. The molecule has 0 aliphatic heterocycles. The van der Waals surface area contributed by atoms with Crippen molar-refractivity contribution < 1.29 is 81.4 Å². The van der Waals surface area contributed by atoms with Crippen LogP contribution in [-0.2, 0) is 75.0 Å². The van der Waals surface area contributed by atoms with Gasteiger partial charge in [-0.05, 0) is 78.2 Å². The molecule has 0 saturated carbocycles. The second-order valence-electron chi connectivity index (χ2n) is 16.7. The summed E-state index contributed by atoms with van der Waals surface area (Å²) < 4.78 is 39.9. The lowest BCUT2D eigenvalue weighted by atomic mass is 10.1. The number of carbonyl (C=O) groups is 7. The van der Waals surface area contributed by atoms with Crippen LogP contribution in [0, 0.1) is 0 Å². The minimum Gasteiger partial charge on any atom is -0.456 e. The first-order valence-corrected chi connectivity index (χ1v) is 25.5. The lowest BCUT2D eigenvalue weighted by Crippen LogP contribution is -2.44. The van der Waals surface area contributed by atoms with Crippen molar-refractivity contribution in [3.05, 3.63) is 11.9 Å². The van der Waals surface area contributed by atoms with Crippen molar-refractivity contribution in [1.29, 1.82) is 0 Å². The van der Waals surface area contributed by atoms with Crippen molar-refractivity contribution in [2.45, 2.75) is 147 Å². The molecule has 1 aromatic heterocycles. The molecule has 0 aliphatic carbocycles. The second kappa shape index (κ2) is 38.5. The Morgan fingerprint density at radius 3 is 1.87 bits per heavy atom. The number of rotatable bonds is 46. The Kier molecular flexibility index (Phi) is 35.0. The van der Waals surface area contributed by atoms with Gasteiger partial charge in [-0.2, -0.15) is 4.68 Å². The summed E-state index contributed by atoms with van der Waals surface area (Å²) in [6.07, 6.45) is 6.89. The minimum absolute atomic E-state index is 0.0117. The first-order valence-electron chi connectivity index (χ1n) is 23.9. The number of aryl methyl sites for hydroxylation is 1. The van der Waals surface area contributed by atoms with Crippen LogP contribution in [0.5, 0.6) is 0 Å². The highest BCUT2D eigenvalue weighted by Gasteiger charge is 2.39. The van der Waals surface area contributed by atoms with Crippen LogP contribution in [0.1, 0.15) is 128 Å². The molecule has 69 heavy (non-hydrogen) atoms. The Bertz CT molecular complexity index is 1690. The number of likely N-dealkylation sites (N-methyl/N-ethyl adjacent to an activating group) is 1. The molecule has 2 atom stereocenters. The van der Waals surface area contributed by atoms with Gasteiger partial charge in [-0.1, -0.05) is 5.21 Å². The molecule has 10 N–H and O–H groups in total. The molecule has 0 aromatic carbocycles. The fourth-order valence-electron chi connectivity index (χ4n) is 6.23. The number of nitrogens with two attached hydrogens (primary N) is 1. The summed E-state index contributed by atoms with van der Waals surface area (Å²) in [6, 6.07) is -0.899. The number of unbranched alkanes of at least 4 members (excludes halogenated alkanes) is 3. The van der Waals surface area contributed by atoms with E-state index in [2.05, 4.69) is 31.6 Å². The zero-order chi connectivity index (χ0) is 51.2. The van der Waals surface area contributed by atoms with Crippen LogP contribution in [0.2, 0.25) is 0 Å². The van der Waals surface area contributed by atoms with Gasteiger partial charge in [-0.3, -0.25) is 38.1 Å². The summed E-state index contributed by atoms with van der Waals surface area (Å²) in [7, 11) is -2.81. The average Bonchev–Trinajstić information content (AvgIpc) is 3.76. The summed E-state index contributed by atoms with van der Waals surface area (Å²) in [6.45, 7) is 6.32. The summed E-state index contributed by atoms with van der Waals surface area (Å²) in [5.41, 5.74) is 5.98. The predicted molar refractivity (Wildman–Crippen MR) is 249 cm³/mol. The van der Waals surface area contributed by atoms with Gasteiger partial charge >= 0.3 is 13.6 Å². The molecular formula is C44H80N8O16P+. The number of aromatic nitrogens is 3. The Morgan fingerprint density at radius 2 is 1.26 bits per heavy atom. The molecule has 0 aliphatic rings. The Labute approximate surface area is 405 Å². The maximum absolute atomic E-state index is 12.4. The highest BCUT2D eigenvalue weighted by atomic mass is 31.2. The molecular weight excluding hydrogens is 927 g/mol. The Balaban J connectivity index is 2.03. The molecule has 1 aromatic rings. The largest absolute Gasteiger partial charge is 0.456 e. The molecule has 396 valence electrons. The summed E-state index contributed by atoms with van der Waals surface area (Å²) in [5, 5.41) is 25.7. The maximum atomic E-state index is 12.4. The number of esters is 1. The van der Waals surface area contributed by atoms with Crippen LogP contribution in [0.25, 0.3) is 0 Å². The quantitative estimate of drug-likeness (QED) is 0.0183. The molecule has 0 bridgehead atoms. The van der Waals surface area contributed by atoms with Crippen molar-refractivity contribution >= 4 is 48.8 Å². The van der Waals surface area contributed by atoms with Crippen molar-refractivity contribution in [1.82, 2.24) is 31.6 Å². The van der Waals surface area contributed by atoms with Gasteiger partial charge in [-0.15, -0.1) is 0 Å². The van der Waals surface area contributed by atoms with Gasteiger partial charge in [0.15, 0.2) is 18.1 Å². The van der Waals surface area contributed by atoms with Gasteiger partial charge in [0.1, 0.15) is 24.2 Å². The topological polar surface area (TPSA) is 350 Å². The van der Waals surface area contributed by atoms with Gasteiger partial charge < -0.3 is 65.6 Å². The van der Waals surface area contributed by atoms with E-state index in [9.17, 15) is 43.2 Å². The molecule has 0 fully saturated rings. The average molecular weight is 1010 g/mol. The van der Waals surface area contributed by atoms with E-state index in [0.29, 0.717) is 129 Å². The van der Waals surface area contributed by atoms with Gasteiger partial charge in [0.05, 0.1) is 39.6 Å². The lowest BCUT2D eigenvalue weighted by Gasteiger charge is -2.23. The molecule has 0 spiro atoms. The number of primary amides is 1. The van der Waals surface area contributed by atoms with E-state index in [-0.39, 0.29) is 94.4 Å². The van der Waals surface area contributed by atoms with E-state index in [1.165, 1.54) is 0 Å². The number of Topliss-reactive ketones (excluding diaryl/α,β-unsaturated/α-hetero) is 2. The van der Waals surface area contributed by atoms with E-state index in [4.69, 9.17) is 39.2 Å². The summed E-state index contributed by atoms with van der Waals surface area (Å²) >= 11 is 0. The number of aromatic amines is 1. The number of H-pyrrole nitrogens is 1. The number of nitrogens with zero attached hydrogens (tertiary/aromatic N) is 2. The SMILES string of the molecule is CNCCOCCOCCCC(=O)CCC(=O)NCCOCCOCCCC(=O)CCC(=O)N[C@@H](CCCCNC(=O)CCCC[n+]1cc(COC(=O)CCCCC(C)(O)P(=O)(O)O)n[nH]1)C(N)=O. The van der Waals surface area contributed by atoms with Crippen LogP contribution < -0.4 is 31.7 Å². The third-order valence-electron chi connectivity index (χ3n) is 10.4. The third kappa shape index (κ3) is 34.6. The van der Waals surface area contributed by atoms with Crippen LogP contribution in [0.15, 0.2) is 6.20 Å². The zero-order valence-corrected chi connectivity index (χ0v) is 41.5. The minimum atomic E-state index is -4.66. The Morgan fingerprint density at radius 1 is 0.696 bits per heavy atom. The number of carbonyl (C=O) groups excluding carboxylic acids is 7. The summed E-state index contributed by atoms with van der Waals surface area (Å²) in [5.74, 6) is -2.10. The number of nitrogens with one attached hydrogen (secondary N) is 5. The molecule has 25 heteroatoms. The first-order chi connectivity index (χ1) is 32.9. The first kappa shape index (κ1) is 62.8. The molecule has 4 amide bonds. The number of amides is 4. The van der Waals surface area contributed by atoms with Crippen LogP contribution >= 0.6 is 7.60 Å². The zero-order valence-electron chi connectivity index (χ0n) is 40.6. The summed E-state index contributed by atoms with van der Waals surface area (Å²) in [4.78, 5) is 103. The molecule has 1 heterocycles. The molecule has 0 radical (unpaired) electrons. The number of aliphatic hydroxyl groups is 1. The molecule has 24 nitrogen and oxygen atoms in total. The lowest BCUT2D eigenvalue weighted by molar-refractivity contribution is -0.754. The third-order valence-corrected chi connectivity index (χ3v) is 11.9. The molecule has 1 unspecified atom stereocenters. The van der Waals surface area contributed by atoms with Gasteiger partial charge in [0.2, 0.25) is 23.6 Å². The van der Waals surface area contributed by atoms with E-state index in [0.717, 1.165) is 13.5 Å². The van der Waals surface area contributed by atoms with Crippen molar-refractivity contribution in [2.24, 2.45) is 5.73 Å². The van der Waals surface area contributed by atoms with Gasteiger partial charge in [0.25, 0.3) is 5.69 Å². The fraction of sp³-hybridized carbons (Fsp3) is 0.795. The van der Waals surface area contributed by atoms with E-state index < -0.39 is 36.8 Å². The van der Waals surface area contributed by atoms with E-state index in [1.807, 2.05) is 7.05 Å². The normalized spacial score (nSPS) is 12.8. The van der Waals surface area contributed by atoms with Crippen molar-refractivity contribution in [2.75, 3.05) is 79.5 Å². The van der Waals surface area contributed by atoms with Gasteiger partial charge in [-0.25, -0.2) is 0 Å². The molecule has 0 saturated heterocycles. The number of hydrogen-bond donors (Lipinski definition) is 9. The number of hydrogen-bond acceptors (Lipinski definition) is 16. The predicted octanol–water partition coefficient (Wildman–Crippen LogP) is 0.275. The van der Waals surface area contributed by atoms with Gasteiger partial charge in [0, 0.05) is 89.3 Å².